The summed E-state index contributed by atoms with van der Waals surface area (Å²) in [6.07, 6.45) is 6.39. The number of anilines is 1. The average Bonchev–Trinajstić information content (AvgIpc) is 2.63. The molecule has 1 unspecified atom stereocenters. The summed E-state index contributed by atoms with van der Waals surface area (Å²) in [4.78, 5) is 4.32. The van der Waals surface area contributed by atoms with E-state index >= 15 is 0 Å². The van der Waals surface area contributed by atoms with Crippen LogP contribution in [-0.4, -0.2) is 39.3 Å². The molecule has 0 heterocycles. The molecule has 0 spiro atoms. The highest BCUT2D eigenvalue weighted by molar-refractivity contribution is 5.79. The third-order valence-corrected chi connectivity index (χ3v) is 4.15. The summed E-state index contributed by atoms with van der Waals surface area (Å²) < 4.78 is 5.04. The van der Waals surface area contributed by atoms with Crippen molar-refractivity contribution in [2.75, 3.05) is 32.6 Å². The first-order valence-electron chi connectivity index (χ1n) is 9.48. The van der Waals surface area contributed by atoms with E-state index in [1.165, 1.54) is 37.7 Å². The monoisotopic (exact) mass is 348 g/mol. The fourth-order valence-electron chi connectivity index (χ4n) is 2.60. The van der Waals surface area contributed by atoms with E-state index in [-0.39, 0.29) is 0 Å². The molecule has 0 aliphatic carbocycles. The summed E-state index contributed by atoms with van der Waals surface area (Å²) >= 11 is 0. The Kier molecular flexibility index (Phi) is 11.5. The predicted octanol–water partition coefficient (Wildman–Crippen LogP) is 3.77. The lowest BCUT2D eigenvalue weighted by Gasteiger charge is -2.18. The molecule has 0 aromatic heterocycles. The first-order chi connectivity index (χ1) is 12.2. The molecule has 25 heavy (non-hydrogen) atoms. The fraction of sp³-hybridized carbons (Fsp3) is 0.650. The van der Waals surface area contributed by atoms with Gasteiger partial charge < -0.3 is 20.7 Å². The molecule has 0 saturated carbocycles. The Hall–Kier alpha value is -1.75. The molecule has 0 radical (unpaired) electrons. The molecule has 1 aromatic carbocycles. The van der Waals surface area contributed by atoms with Gasteiger partial charge in [-0.2, -0.15) is 0 Å². The van der Waals surface area contributed by atoms with Crippen LogP contribution in [0.3, 0.4) is 0 Å². The van der Waals surface area contributed by atoms with Gasteiger partial charge in [-0.1, -0.05) is 44.7 Å². The number of methoxy groups -OCH3 is 1. The molecule has 5 nitrogen and oxygen atoms in total. The van der Waals surface area contributed by atoms with Crippen molar-refractivity contribution in [2.45, 2.75) is 58.5 Å². The second-order valence-corrected chi connectivity index (χ2v) is 6.44. The zero-order chi connectivity index (χ0) is 18.3. The van der Waals surface area contributed by atoms with Gasteiger partial charge in [0.05, 0.1) is 6.61 Å². The van der Waals surface area contributed by atoms with Gasteiger partial charge in [-0.25, -0.2) is 0 Å². The Bertz CT molecular complexity index is 473. The first-order valence-corrected chi connectivity index (χ1v) is 9.48. The van der Waals surface area contributed by atoms with Crippen LogP contribution in [0.15, 0.2) is 29.3 Å². The van der Waals surface area contributed by atoms with Crippen LogP contribution in [0.2, 0.25) is 0 Å². The van der Waals surface area contributed by atoms with Gasteiger partial charge >= 0.3 is 0 Å². The second-order valence-electron chi connectivity index (χ2n) is 6.44. The molecule has 5 heteroatoms. The molecule has 1 rings (SSSR count). The topological polar surface area (TPSA) is 57.7 Å². The predicted molar refractivity (Wildman–Crippen MR) is 108 cm³/mol. The van der Waals surface area contributed by atoms with Crippen molar-refractivity contribution in [1.29, 1.82) is 0 Å². The molecule has 0 aliphatic rings. The molecule has 0 saturated heterocycles. The van der Waals surface area contributed by atoms with Crippen molar-refractivity contribution in [3.63, 3.8) is 0 Å². The number of hydrogen-bond donors (Lipinski definition) is 3. The molecular formula is C20H36N4O. The number of ether oxygens (including phenoxy) is 1. The largest absolute Gasteiger partial charge is 0.383 e. The number of nitrogens with zero attached hydrogens (tertiary/aromatic N) is 1. The quantitative estimate of drug-likeness (QED) is 0.306. The van der Waals surface area contributed by atoms with Gasteiger partial charge in [-0.3, -0.25) is 4.99 Å². The Labute approximate surface area is 153 Å². The van der Waals surface area contributed by atoms with Gasteiger partial charge in [0.15, 0.2) is 5.96 Å². The van der Waals surface area contributed by atoms with Gasteiger partial charge in [0.1, 0.15) is 0 Å². The van der Waals surface area contributed by atoms with E-state index in [0.29, 0.717) is 12.6 Å². The van der Waals surface area contributed by atoms with Crippen LogP contribution in [0.25, 0.3) is 0 Å². The Balaban J connectivity index is 2.31. The van der Waals surface area contributed by atoms with Crippen molar-refractivity contribution in [3.05, 3.63) is 29.8 Å². The van der Waals surface area contributed by atoms with Crippen LogP contribution in [0.1, 0.15) is 51.5 Å². The summed E-state index contributed by atoms with van der Waals surface area (Å²) in [5, 5.41) is 10.2. The van der Waals surface area contributed by atoms with Crippen LogP contribution in [0.5, 0.6) is 0 Å². The number of unbranched alkanes of at least 4 members (excludes halogenated alkanes) is 3. The summed E-state index contributed by atoms with van der Waals surface area (Å²) in [6.45, 7) is 6.76. The summed E-state index contributed by atoms with van der Waals surface area (Å²) in [6, 6.07) is 8.89. The van der Waals surface area contributed by atoms with E-state index in [1.807, 2.05) is 7.05 Å². The fourth-order valence-corrected chi connectivity index (χ4v) is 2.60. The molecule has 1 aromatic rings. The van der Waals surface area contributed by atoms with E-state index in [0.717, 1.165) is 24.7 Å². The van der Waals surface area contributed by atoms with Crippen LogP contribution >= 0.6 is 0 Å². The molecule has 142 valence electrons. The smallest absolute Gasteiger partial charge is 0.191 e. The zero-order valence-corrected chi connectivity index (χ0v) is 16.4. The van der Waals surface area contributed by atoms with Gasteiger partial charge in [-0.05, 0) is 31.0 Å². The highest BCUT2D eigenvalue weighted by Gasteiger charge is 2.05. The van der Waals surface area contributed by atoms with Crippen molar-refractivity contribution in [1.82, 2.24) is 10.6 Å². The van der Waals surface area contributed by atoms with E-state index < -0.39 is 0 Å². The first kappa shape index (κ1) is 21.3. The minimum atomic E-state index is 0.440. The number of rotatable bonds is 12. The van der Waals surface area contributed by atoms with Gasteiger partial charge in [0.25, 0.3) is 0 Å². The van der Waals surface area contributed by atoms with E-state index in [4.69, 9.17) is 4.74 Å². The number of benzene rings is 1. The lowest BCUT2D eigenvalue weighted by Crippen LogP contribution is -2.41. The SMILES string of the molecule is CCCCCCC(C)NC(=NC)NCc1ccc(NCCOC)cc1. The maximum Gasteiger partial charge on any atom is 0.191 e. The molecule has 0 fully saturated rings. The van der Waals surface area contributed by atoms with Gasteiger partial charge in [-0.15, -0.1) is 0 Å². The molecule has 3 N–H and O–H groups in total. The molecule has 0 amide bonds. The number of guanidine groups is 1. The number of aliphatic imine (C=N–C) groups is 1. The van der Waals surface area contributed by atoms with Gasteiger partial charge in [0.2, 0.25) is 0 Å². The Morgan fingerprint density at radius 1 is 1.16 bits per heavy atom. The summed E-state index contributed by atoms with van der Waals surface area (Å²) in [5.74, 6) is 0.866. The number of hydrogen-bond acceptors (Lipinski definition) is 3. The molecule has 0 bridgehead atoms. The summed E-state index contributed by atoms with van der Waals surface area (Å²) in [7, 11) is 3.53. The maximum absolute atomic E-state index is 5.04. The summed E-state index contributed by atoms with van der Waals surface area (Å²) in [5.41, 5.74) is 2.35. The molecule has 0 aliphatic heterocycles. The maximum atomic E-state index is 5.04. The zero-order valence-electron chi connectivity index (χ0n) is 16.4. The third-order valence-electron chi connectivity index (χ3n) is 4.15. The van der Waals surface area contributed by atoms with E-state index in [1.54, 1.807) is 7.11 Å². The van der Waals surface area contributed by atoms with E-state index in [2.05, 4.69) is 59.1 Å². The van der Waals surface area contributed by atoms with Crippen molar-refractivity contribution < 1.29 is 4.74 Å². The second kappa shape index (κ2) is 13.5. The normalized spacial score (nSPS) is 12.7. The average molecular weight is 349 g/mol. The van der Waals surface area contributed by atoms with Crippen LogP contribution < -0.4 is 16.0 Å². The van der Waals surface area contributed by atoms with Crippen LogP contribution in [0.4, 0.5) is 5.69 Å². The van der Waals surface area contributed by atoms with Crippen molar-refractivity contribution in [3.8, 4) is 0 Å². The minimum absolute atomic E-state index is 0.440. The van der Waals surface area contributed by atoms with E-state index in [9.17, 15) is 0 Å². The number of nitrogens with one attached hydrogen (secondary N) is 3. The third kappa shape index (κ3) is 9.97. The van der Waals surface area contributed by atoms with Crippen LogP contribution in [0, 0.1) is 0 Å². The molecular weight excluding hydrogens is 312 g/mol. The van der Waals surface area contributed by atoms with Crippen molar-refractivity contribution in [2.24, 2.45) is 4.99 Å². The Morgan fingerprint density at radius 2 is 1.92 bits per heavy atom. The Morgan fingerprint density at radius 3 is 2.56 bits per heavy atom. The minimum Gasteiger partial charge on any atom is -0.383 e. The van der Waals surface area contributed by atoms with Crippen LogP contribution in [-0.2, 0) is 11.3 Å². The standard InChI is InChI=1S/C20H36N4O/c1-5-6-7-8-9-17(2)24-20(21-3)23-16-18-10-12-19(13-11-18)22-14-15-25-4/h10-13,17,22H,5-9,14-16H2,1-4H3,(H2,21,23,24). The highest BCUT2D eigenvalue weighted by Crippen LogP contribution is 2.09. The lowest BCUT2D eigenvalue weighted by molar-refractivity contribution is 0.211. The van der Waals surface area contributed by atoms with Gasteiger partial charge in [0, 0.05) is 39.0 Å². The van der Waals surface area contributed by atoms with Crippen molar-refractivity contribution >= 4 is 11.6 Å². The highest BCUT2D eigenvalue weighted by atomic mass is 16.5. The lowest BCUT2D eigenvalue weighted by atomic mass is 10.1. The molecule has 1 atom stereocenters.